The fourth-order valence-corrected chi connectivity index (χ4v) is 1.95. The lowest BCUT2D eigenvalue weighted by Crippen LogP contribution is -1.87. The summed E-state index contributed by atoms with van der Waals surface area (Å²) in [7, 11) is 0. The molecule has 2 heterocycles. The van der Waals surface area contributed by atoms with Crippen LogP contribution in [0.5, 0.6) is 0 Å². The molecule has 0 atom stereocenters. The number of benzene rings is 1. The van der Waals surface area contributed by atoms with Crippen molar-refractivity contribution in [3.05, 3.63) is 59.9 Å². The van der Waals surface area contributed by atoms with Crippen LogP contribution in [0.2, 0.25) is 5.15 Å². The van der Waals surface area contributed by atoms with Crippen molar-refractivity contribution in [2.45, 2.75) is 0 Å². The van der Waals surface area contributed by atoms with Gasteiger partial charge in [0.2, 0.25) is 0 Å². The molecule has 0 bridgehead atoms. The summed E-state index contributed by atoms with van der Waals surface area (Å²) < 4.78 is 1.80. The van der Waals surface area contributed by atoms with Crippen molar-refractivity contribution >= 4 is 17.1 Å². The summed E-state index contributed by atoms with van der Waals surface area (Å²) in [5.74, 6) is 0. The highest BCUT2D eigenvalue weighted by molar-refractivity contribution is 6.29. The summed E-state index contributed by atoms with van der Waals surface area (Å²) in [5.41, 5.74) is 3.31. The maximum atomic E-state index is 5.85. The van der Waals surface area contributed by atoms with Gasteiger partial charge in [-0.15, -0.1) is 0 Å². The Balaban J connectivity index is 2.18. The lowest BCUT2D eigenvalue weighted by Gasteiger charge is -2.01. The minimum atomic E-state index is 0.519. The van der Waals surface area contributed by atoms with Crippen molar-refractivity contribution in [1.82, 2.24) is 9.61 Å². The van der Waals surface area contributed by atoms with Crippen molar-refractivity contribution in [2.75, 3.05) is 0 Å². The number of hydrogen-bond acceptors (Lipinski definition) is 1. The highest BCUT2D eigenvalue weighted by atomic mass is 35.5. The molecule has 0 saturated carbocycles. The molecule has 2 aromatic heterocycles. The van der Waals surface area contributed by atoms with Gasteiger partial charge in [-0.3, -0.25) is 0 Å². The van der Waals surface area contributed by atoms with E-state index < -0.39 is 0 Å². The Hall–Kier alpha value is -1.80. The summed E-state index contributed by atoms with van der Waals surface area (Å²) in [6.07, 6.45) is 1.98. The Bertz CT molecular complexity index is 629. The van der Waals surface area contributed by atoms with Gasteiger partial charge in [0, 0.05) is 17.8 Å². The van der Waals surface area contributed by atoms with Crippen molar-refractivity contribution in [2.24, 2.45) is 0 Å². The molecule has 16 heavy (non-hydrogen) atoms. The van der Waals surface area contributed by atoms with E-state index in [1.807, 2.05) is 36.5 Å². The van der Waals surface area contributed by atoms with E-state index in [1.165, 1.54) is 5.56 Å². The Kier molecular flexibility index (Phi) is 2.15. The van der Waals surface area contributed by atoms with Crippen LogP contribution in [0.25, 0.3) is 16.6 Å². The predicted molar refractivity (Wildman–Crippen MR) is 65.6 cm³/mol. The highest BCUT2D eigenvalue weighted by Crippen LogP contribution is 2.20. The highest BCUT2D eigenvalue weighted by Gasteiger charge is 2.01. The largest absolute Gasteiger partial charge is 0.239 e. The normalized spacial score (nSPS) is 10.8. The predicted octanol–water partition coefficient (Wildman–Crippen LogP) is 3.65. The molecule has 0 aliphatic carbocycles. The molecule has 0 aliphatic rings. The average Bonchev–Trinajstić information content (AvgIpc) is 2.69. The van der Waals surface area contributed by atoms with Gasteiger partial charge in [-0.1, -0.05) is 48.0 Å². The van der Waals surface area contributed by atoms with Gasteiger partial charge >= 0.3 is 0 Å². The standard InChI is InChI=1S/C13H9ClN2/c14-13-8-12-7-6-11(9-16(12)15-13)10-4-2-1-3-5-10/h1-9H. The summed E-state index contributed by atoms with van der Waals surface area (Å²) in [6.45, 7) is 0. The number of pyridine rings is 1. The number of fused-ring (bicyclic) bond motifs is 1. The van der Waals surface area contributed by atoms with E-state index in [4.69, 9.17) is 11.6 Å². The summed E-state index contributed by atoms with van der Waals surface area (Å²) >= 11 is 5.85. The van der Waals surface area contributed by atoms with Crippen LogP contribution in [-0.4, -0.2) is 9.61 Å². The second-order valence-electron chi connectivity index (χ2n) is 3.62. The van der Waals surface area contributed by atoms with Gasteiger partial charge < -0.3 is 0 Å². The molecule has 0 fully saturated rings. The molecule has 2 nitrogen and oxygen atoms in total. The van der Waals surface area contributed by atoms with Gasteiger partial charge in [-0.05, 0) is 11.6 Å². The van der Waals surface area contributed by atoms with E-state index in [-0.39, 0.29) is 0 Å². The van der Waals surface area contributed by atoms with Crippen LogP contribution in [-0.2, 0) is 0 Å². The van der Waals surface area contributed by atoms with Crippen molar-refractivity contribution in [3.8, 4) is 11.1 Å². The zero-order chi connectivity index (χ0) is 11.0. The number of hydrogen-bond donors (Lipinski definition) is 0. The molecule has 1 aromatic carbocycles. The van der Waals surface area contributed by atoms with Crippen LogP contribution in [0.15, 0.2) is 54.7 Å². The third-order valence-corrected chi connectivity index (χ3v) is 2.72. The molecule has 0 amide bonds. The van der Waals surface area contributed by atoms with E-state index in [9.17, 15) is 0 Å². The average molecular weight is 229 g/mol. The fraction of sp³-hybridized carbons (Fsp3) is 0. The van der Waals surface area contributed by atoms with Gasteiger partial charge in [-0.2, -0.15) is 5.10 Å². The molecular formula is C13H9ClN2. The van der Waals surface area contributed by atoms with Crippen molar-refractivity contribution in [1.29, 1.82) is 0 Å². The summed E-state index contributed by atoms with van der Waals surface area (Å²) in [5, 5.41) is 4.70. The molecule has 3 aromatic rings. The topological polar surface area (TPSA) is 17.3 Å². The third-order valence-electron chi connectivity index (χ3n) is 2.54. The summed E-state index contributed by atoms with van der Waals surface area (Å²) in [6, 6.07) is 16.1. The molecule has 0 spiro atoms. The number of halogens is 1. The minimum Gasteiger partial charge on any atom is -0.239 e. The van der Waals surface area contributed by atoms with E-state index in [1.54, 1.807) is 4.52 Å². The SMILES string of the molecule is Clc1cc2ccc(-c3ccccc3)cn2n1. The molecule has 3 rings (SSSR count). The second kappa shape index (κ2) is 3.65. The first-order chi connectivity index (χ1) is 7.83. The second-order valence-corrected chi connectivity index (χ2v) is 4.01. The molecule has 0 unspecified atom stereocenters. The van der Waals surface area contributed by atoms with Gasteiger partial charge in [-0.25, -0.2) is 4.52 Å². The van der Waals surface area contributed by atoms with Crippen LogP contribution < -0.4 is 0 Å². The zero-order valence-corrected chi connectivity index (χ0v) is 9.22. The van der Waals surface area contributed by atoms with Gasteiger partial charge in [0.15, 0.2) is 5.15 Å². The third kappa shape index (κ3) is 1.57. The number of rotatable bonds is 1. The number of nitrogens with zero attached hydrogens (tertiary/aromatic N) is 2. The quantitative estimate of drug-likeness (QED) is 0.621. The molecule has 0 N–H and O–H groups in total. The molecule has 3 heteroatoms. The van der Waals surface area contributed by atoms with Crippen LogP contribution >= 0.6 is 11.6 Å². The molecule has 0 radical (unpaired) electrons. The Labute approximate surface area is 98.1 Å². The van der Waals surface area contributed by atoms with Crippen LogP contribution in [0, 0.1) is 0 Å². The Morgan fingerprint density at radius 3 is 2.56 bits per heavy atom. The number of aromatic nitrogens is 2. The first-order valence-electron chi connectivity index (χ1n) is 5.03. The van der Waals surface area contributed by atoms with E-state index >= 15 is 0 Å². The van der Waals surface area contributed by atoms with Gasteiger partial charge in [0.25, 0.3) is 0 Å². The van der Waals surface area contributed by atoms with E-state index in [2.05, 4.69) is 23.3 Å². The Morgan fingerprint density at radius 1 is 0.938 bits per heavy atom. The maximum absolute atomic E-state index is 5.85. The van der Waals surface area contributed by atoms with Gasteiger partial charge in [0.05, 0.1) is 5.52 Å². The lowest BCUT2D eigenvalue weighted by atomic mass is 10.1. The zero-order valence-electron chi connectivity index (χ0n) is 8.47. The summed E-state index contributed by atoms with van der Waals surface area (Å²) in [4.78, 5) is 0. The van der Waals surface area contributed by atoms with E-state index in [0.29, 0.717) is 5.15 Å². The minimum absolute atomic E-state index is 0.519. The van der Waals surface area contributed by atoms with Crippen LogP contribution in [0.3, 0.4) is 0 Å². The van der Waals surface area contributed by atoms with Crippen molar-refractivity contribution in [3.63, 3.8) is 0 Å². The van der Waals surface area contributed by atoms with Crippen LogP contribution in [0.4, 0.5) is 0 Å². The molecular weight excluding hydrogens is 220 g/mol. The maximum Gasteiger partial charge on any atom is 0.152 e. The monoisotopic (exact) mass is 228 g/mol. The molecule has 0 aliphatic heterocycles. The molecule has 78 valence electrons. The van der Waals surface area contributed by atoms with E-state index in [0.717, 1.165) is 11.1 Å². The van der Waals surface area contributed by atoms with Gasteiger partial charge in [0.1, 0.15) is 0 Å². The lowest BCUT2D eigenvalue weighted by molar-refractivity contribution is 0.963. The Morgan fingerprint density at radius 2 is 1.75 bits per heavy atom. The first kappa shape index (κ1) is 9.43. The molecule has 0 saturated heterocycles. The first-order valence-corrected chi connectivity index (χ1v) is 5.41. The fourth-order valence-electron chi connectivity index (χ4n) is 1.76. The van der Waals surface area contributed by atoms with Crippen molar-refractivity contribution < 1.29 is 0 Å². The smallest absolute Gasteiger partial charge is 0.152 e. The van der Waals surface area contributed by atoms with Crippen LogP contribution in [0.1, 0.15) is 0 Å².